The molecule has 1 aliphatic carbocycles. The largest absolute Gasteiger partial charge is 0.480 e. The second-order valence-corrected chi connectivity index (χ2v) is 5.94. The molecule has 1 saturated carbocycles. The number of carboxylic acids is 1. The van der Waals surface area contributed by atoms with Gasteiger partial charge >= 0.3 is 5.97 Å². The van der Waals surface area contributed by atoms with E-state index in [0.29, 0.717) is 18.5 Å². The van der Waals surface area contributed by atoms with Crippen molar-refractivity contribution in [2.75, 3.05) is 0 Å². The average Bonchev–Trinajstić information content (AvgIpc) is 2.83. The number of rotatable bonds is 3. The summed E-state index contributed by atoms with van der Waals surface area (Å²) in [5, 5.41) is 12.3. The summed E-state index contributed by atoms with van der Waals surface area (Å²) >= 11 is 6.06. The van der Waals surface area contributed by atoms with E-state index in [1.165, 1.54) is 0 Å². The van der Waals surface area contributed by atoms with Crippen molar-refractivity contribution >= 4 is 29.1 Å². The summed E-state index contributed by atoms with van der Waals surface area (Å²) in [4.78, 5) is 28.4. The Morgan fingerprint density at radius 2 is 2.00 bits per heavy atom. The molecule has 0 radical (unpaired) electrons. The van der Waals surface area contributed by atoms with Crippen molar-refractivity contribution in [3.05, 3.63) is 35.2 Å². The number of aromatic nitrogens is 2. The fourth-order valence-corrected chi connectivity index (χ4v) is 3.26. The van der Waals surface area contributed by atoms with Crippen LogP contribution >= 0.6 is 11.6 Å². The molecule has 6 nitrogen and oxygen atoms in total. The predicted molar refractivity (Wildman–Crippen MR) is 81.1 cm³/mol. The van der Waals surface area contributed by atoms with Gasteiger partial charge in [0.2, 0.25) is 0 Å². The zero-order valence-electron chi connectivity index (χ0n) is 11.9. The van der Waals surface area contributed by atoms with E-state index in [9.17, 15) is 14.7 Å². The van der Waals surface area contributed by atoms with Crippen LogP contribution in [0.2, 0.25) is 5.15 Å². The highest BCUT2D eigenvalue weighted by molar-refractivity contribution is 6.32. The SMILES string of the molecule is O=C(NC1(C(=O)O)CCCCC1)c1c(Cl)nc2ccccn12. The number of amides is 1. The van der Waals surface area contributed by atoms with Crippen molar-refractivity contribution in [1.29, 1.82) is 0 Å². The van der Waals surface area contributed by atoms with Gasteiger partial charge in [-0.15, -0.1) is 0 Å². The third-order valence-electron chi connectivity index (χ3n) is 4.17. The van der Waals surface area contributed by atoms with Gasteiger partial charge in [0.1, 0.15) is 11.2 Å². The van der Waals surface area contributed by atoms with E-state index in [1.54, 1.807) is 28.8 Å². The molecule has 2 aromatic heterocycles. The molecule has 1 amide bonds. The van der Waals surface area contributed by atoms with E-state index in [4.69, 9.17) is 11.6 Å². The van der Waals surface area contributed by atoms with Crippen molar-refractivity contribution in [3.8, 4) is 0 Å². The van der Waals surface area contributed by atoms with E-state index in [0.717, 1.165) is 19.3 Å². The Hall–Kier alpha value is -2.08. The first kappa shape index (κ1) is 14.8. The lowest BCUT2D eigenvalue weighted by Gasteiger charge is -2.33. The van der Waals surface area contributed by atoms with Crippen molar-refractivity contribution in [2.24, 2.45) is 0 Å². The summed E-state index contributed by atoms with van der Waals surface area (Å²) in [5.74, 6) is -1.50. The number of halogens is 1. The van der Waals surface area contributed by atoms with Crippen LogP contribution in [0.1, 0.15) is 42.6 Å². The lowest BCUT2D eigenvalue weighted by molar-refractivity contribution is -0.145. The van der Waals surface area contributed by atoms with E-state index in [1.807, 2.05) is 0 Å². The van der Waals surface area contributed by atoms with Crippen LogP contribution in [0, 0.1) is 0 Å². The molecule has 0 aromatic carbocycles. The van der Waals surface area contributed by atoms with E-state index >= 15 is 0 Å². The Labute approximate surface area is 132 Å². The van der Waals surface area contributed by atoms with Crippen LogP contribution in [0.15, 0.2) is 24.4 Å². The summed E-state index contributed by atoms with van der Waals surface area (Å²) in [6, 6.07) is 5.28. The number of nitrogens with one attached hydrogen (secondary N) is 1. The normalized spacial score (nSPS) is 17.3. The number of nitrogens with zero attached hydrogens (tertiary/aromatic N) is 2. The van der Waals surface area contributed by atoms with Crippen LogP contribution in [0.25, 0.3) is 5.65 Å². The maximum Gasteiger partial charge on any atom is 0.329 e. The second-order valence-electron chi connectivity index (χ2n) is 5.58. The van der Waals surface area contributed by atoms with Crippen LogP contribution in [-0.4, -0.2) is 31.9 Å². The van der Waals surface area contributed by atoms with Crippen molar-refractivity contribution in [2.45, 2.75) is 37.6 Å². The molecule has 0 aliphatic heterocycles. The first-order chi connectivity index (χ1) is 10.5. The Bertz CT molecular complexity index is 735. The highest BCUT2D eigenvalue weighted by atomic mass is 35.5. The molecule has 2 heterocycles. The van der Waals surface area contributed by atoms with Gasteiger partial charge in [-0.3, -0.25) is 9.20 Å². The zero-order chi connectivity index (χ0) is 15.7. The number of fused-ring (bicyclic) bond motifs is 1. The molecule has 2 N–H and O–H groups in total. The molecule has 0 spiro atoms. The van der Waals surface area contributed by atoms with Gasteiger partial charge in [-0.05, 0) is 25.0 Å². The summed E-state index contributed by atoms with van der Waals surface area (Å²) in [7, 11) is 0. The molecule has 22 heavy (non-hydrogen) atoms. The number of aliphatic carboxylic acids is 1. The molecule has 3 rings (SSSR count). The molecule has 1 aliphatic rings. The second kappa shape index (κ2) is 5.61. The Kier molecular flexibility index (Phi) is 3.78. The van der Waals surface area contributed by atoms with E-state index in [-0.39, 0.29) is 10.8 Å². The lowest BCUT2D eigenvalue weighted by atomic mass is 9.81. The number of hydrogen-bond donors (Lipinski definition) is 2. The standard InChI is InChI=1S/C15H16ClN3O3/c16-12-11(19-9-5-2-6-10(19)17-12)13(20)18-15(14(21)22)7-3-1-4-8-15/h2,5-6,9H,1,3-4,7-8H2,(H,18,20)(H,21,22). The van der Waals surface area contributed by atoms with Crippen LogP contribution in [0.4, 0.5) is 0 Å². The maximum absolute atomic E-state index is 12.6. The molecule has 116 valence electrons. The first-order valence-corrected chi connectivity index (χ1v) is 7.60. The lowest BCUT2D eigenvalue weighted by Crippen LogP contribution is -2.55. The Morgan fingerprint density at radius 1 is 1.27 bits per heavy atom. The smallest absolute Gasteiger partial charge is 0.329 e. The predicted octanol–water partition coefficient (Wildman–Crippen LogP) is 2.50. The van der Waals surface area contributed by atoms with Gasteiger partial charge in [0.05, 0.1) is 0 Å². The number of hydrogen-bond acceptors (Lipinski definition) is 3. The minimum atomic E-state index is -1.21. The maximum atomic E-state index is 12.6. The third-order valence-corrected chi connectivity index (χ3v) is 4.44. The molecule has 0 atom stereocenters. The summed E-state index contributed by atoms with van der Waals surface area (Å²) in [6.07, 6.45) is 5.10. The zero-order valence-corrected chi connectivity index (χ0v) is 12.6. The van der Waals surface area contributed by atoms with Crippen molar-refractivity contribution < 1.29 is 14.7 Å². The third kappa shape index (κ3) is 2.43. The summed E-state index contributed by atoms with van der Waals surface area (Å²) in [5.41, 5.74) is -0.494. The number of imidazole rings is 1. The topological polar surface area (TPSA) is 83.7 Å². The van der Waals surface area contributed by atoms with Gasteiger partial charge in [0.25, 0.3) is 5.91 Å². The van der Waals surface area contributed by atoms with Gasteiger partial charge < -0.3 is 10.4 Å². The van der Waals surface area contributed by atoms with Crippen molar-refractivity contribution in [1.82, 2.24) is 14.7 Å². The van der Waals surface area contributed by atoms with Gasteiger partial charge in [0.15, 0.2) is 10.8 Å². The molecule has 1 fully saturated rings. The van der Waals surface area contributed by atoms with Gasteiger partial charge in [-0.1, -0.05) is 36.9 Å². The molecule has 7 heteroatoms. The highest BCUT2D eigenvalue weighted by Gasteiger charge is 2.41. The summed E-state index contributed by atoms with van der Waals surface area (Å²) in [6.45, 7) is 0. The molecule has 2 aromatic rings. The minimum absolute atomic E-state index is 0.0695. The van der Waals surface area contributed by atoms with Gasteiger partial charge in [0, 0.05) is 6.20 Å². The molecular weight excluding hydrogens is 306 g/mol. The molecule has 0 unspecified atom stereocenters. The highest BCUT2D eigenvalue weighted by Crippen LogP contribution is 2.29. The fourth-order valence-electron chi connectivity index (χ4n) is 2.99. The quantitative estimate of drug-likeness (QED) is 0.909. The minimum Gasteiger partial charge on any atom is -0.480 e. The summed E-state index contributed by atoms with van der Waals surface area (Å²) < 4.78 is 1.57. The van der Waals surface area contributed by atoms with E-state index in [2.05, 4.69) is 10.3 Å². The average molecular weight is 322 g/mol. The molecular formula is C15H16ClN3O3. The number of pyridine rings is 1. The van der Waals surface area contributed by atoms with E-state index < -0.39 is 17.4 Å². The van der Waals surface area contributed by atoms with Crippen LogP contribution in [-0.2, 0) is 4.79 Å². The first-order valence-electron chi connectivity index (χ1n) is 7.22. The number of carbonyl (C=O) groups excluding carboxylic acids is 1. The number of carboxylic acid groups (broad SMARTS) is 1. The van der Waals surface area contributed by atoms with Crippen molar-refractivity contribution in [3.63, 3.8) is 0 Å². The molecule has 0 saturated heterocycles. The van der Waals surface area contributed by atoms with Crippen LogP contribution < -0.4 is 5.32 Å². The fraction of sp³-hybridized carbons (Fsp3) is 0.400. The Morgan fingerprint density at radius 3 is 2.68 bits per heavy atom. The van der Waals surface area contributed by atoms with Crippen LogP contribution in [0.5, 0.6) is 0 Å². The monoisotopic (exact) mass is 321 g/mol. The van der Waals surface area contributed by atoms with Gasteiger partial charge in [-0.25, -0.2) is 9.78 Å². The van der Waals surface area contributed by atoms with Gasteiger partial charge in [-0.2, -0.15) is 0 Å². The molecule has 0 bridgehead atoms. The number of carbonyl (C=O) groups is 2. The van der Waals surface area contributed by atoms with Crippen LogP contribution in [0.3, 0.4) is 0 Å². The Balaban J connectivity index is 1.95.